The Morgan fingerprint density at radius 1 is 0.500 bits per heavy atom. The van der Waals surface area contributed by atoms with Crippen molar-refractivity contribution in [3.05, 3.63) is 229 Å². The Kier molecular flexibility index (Phi) is 8.77. The van der Waals surface area contributed by atoms with Crippen LogP contribution in [0.2, 0.25) is 0 Å². The van der Waals surface area contributed by atoms with E-state index in [-0.39, 0.29) is 5.92 Å². The van der Waals surface area contributed by atoms with E-state index in [1.54, 1.807) is 0 Å². The Bertz CT molecular complexity index is 4310. The fourth-order valence-electron chi connectivity index (χ4n) is 10.8. The molecule has 0 fully saturated rings. The highest BCUT2D eigenvalue weighted by Crippen LogP contribution is 2.45. The molecule has 1 unspecified atom stereocenters. The van der Waals surface area contributed by atoms with Crippen molar-refractivity contribution in [1.82, 2.24) is 4.57 Å². The number of aliphatic imine (C=N–C) groups is 2. The first-order chi connectivity index (χ1) is 33.6. The van der Waals surface area contributed by atoms with Gasteiger partial charge in [0.15, 0.2) is 11.4 Å². The van der Waals surface area contributed by atoms with Gasteiger partial charge in [0.25, 0.3) is 0 Å². The summed E-state index contributed by atoms with van der Waals surface area (Å²) in [4.78, 5) is 11.5. The summed E-state index contributed by atoms with van der Waals surface area (Å²) >= 11 is 1.85. The predicted molar refractivity (Wildman–Crippen MR) is 289 cm³/mol. The number of para-hydroxylation sites is 1. The van der Waals surface area contributed by atoms with Crippen LogP contribution in [0.4, 0.5) is 0 Å². The van der Waals surface area contributed by atoms with E-state index >= 15 is 0 Å². The predicted octanol–water partition coefficient (Wildman–Crippen LogP) is 17.3. The minimum atomic E-state index is 0.0629. The average molecular weight is 888 g/mol. The molecule has 1 aliphatic heterocycles. The molecule has 0 saturated heterocycles. The lowest BCUT2D eigenvalue weighted by Gasteiger charge is -2.21. The topological polar surface area (TPSA) is 42.8 Å². The second-order valence-electron chi connectivity index (χ2n) is 18.1. The number of nitrogens with zero attached hydrogens (tertiary/aromatic N) is 3. The third kappa shape index (κ3) is 6.06. The highest BCUT2D eigenvalue weighted by Gasteiger charge is 2.27. The number of amidine groups is 1. The normalized spacial score (nSPS) is 16.9. The van der Waals surface area contributed by atoms with Crippen LogP contribution in [0.3, 0.4) is 0 Å². The van der Waals surface area contributed by atoms with E-state index in [2.05, 4.69) is 224 Å². The van der Waals surface area contributed by atoms with Crippen LogP contribution in [0.15, 0.2) is 227 Å². The minimum absolute atomic E-state index is 0.0629. The molecule has 0 N–H and O–H groups in total. The van der Waals surface area contributed by atoms with Crippen LogP contribution in [0.25, 0.3) is 108 Å². The van der Waals surface area contributed by atoms with E-state index in [1.165, 1.54) is 52.5 Å². The highest BCUT2D eigenvalue weighted by atomic mass is 32.1. The first-order valence-corrected chi connectivity index (χ1v) is 24.2. The van der Waals surface area contributed by atoms with Gasteiger partial charge in [0.05, 0.1) is 28.1 Å². The molecule has 4 heterocycles. The number of hydrogen-bond donors (Lipinski definition) is 0. The average Bonchev–Trinajstić information content (AvgIpc) is 4.07. The van der Waals surface area contributed by atoms with Crippen molar-refractivity contribution in [2.24, 2.45) is 15.9 Å². The Balaban J connectivity index is 1.08. The van der Waals surface area contributed by atoms with Gasteiger partial charge < -0.3 is 8.98 Å². The number of allylic oxidation sites excluding steroid dienone is 1. The quantitative estimate of drug-likeness (QED) is 0.170. The third-order valence-corrected chi connectivity index (χ3v) is 15.3. The van der Waals surface area contributed by atoms with E-state index in [0.29, 0.717) is 5.84 Å². The summed E-state index contributed by atoms with van der Waals surface area (Å²) in [6.45, 7) is 2.31. The van der Waals surface area contributed by atoms with Crippen molar-refractivity contribution >= 4 is 114 Å². The maximum atomic E-state index is 7.08. The fraction of sp³-hybridized carbons (Fsp3) is 0.0476. The lowest BCUT2D eigenvalue weighted by Crippen LogP contribution is -2.17. The van der Waals surface area contributed by atoms with Gasteiger partial charge in [0, 0.05) is 64.3 Å². The molecular formula is C63H41N3OS. The molecular weight excluding hydrogens is 847 g/mol. The summed E-state index contributed by atoms with van der Waals surface area (Å²) in [6, 6.07) is 74.3. The molecule has 68 heavy (non-hydrogen) atoms. The van der Waals surface area contributed by atoms with Crippen LogP contribution >= 0.6 is 11.3 Å². The number of aromatic nitrogens is 1. The van der Waals surface area contributed by atoms with Gasteiger partial charge >= 0.3 is 0 Å². The molecule has 0 radical (unpaired) electrons. The molecule has 4 nitrogen and oxygen atoms in total. The molecule has 10 aromatic carbocycles. The smallest absolute Gasteiger partial charge is 0.160 e. The van der Waals surface area contributed by atoms with Crippen LogP contribution in [0.5, 0.6) is 0 Å². The van der Waals surface area contributed by atoms with Crippen molar-refractivity contribution in [3.8, 4) is 16.8 Å². The van der Waals surface area contributed by atoms with Gasteiger partial charge in [-0.15, -0.1) is 11.3 Å². The first-order valence-electron chi connectivity index (χ1n) is 23.4. The number of benzene rings is 10. The van der Waals surface area contributed by atoms with Gasteiger partial charge in [-0.2, -0.15) is 0 Å². The summed E-state index contributed by atoms with van der Waals surface area (Å²) in [6.07, 6.45) is 3.08. The molecule has 0 spiro atoms. The van der Waals surface area contributed by atoms with Crippen LogP contribution in [0.1, 0.15) is 30.0 Å². The summed E-state index contributed by atoms with van der Waals surface area (Å²) in [7, 11) is 0. The van der Waals surface area contributed by atoms with Crippen molar-refractivity contribution in [2.45, 2.75) is 13.3 Å². The fourth-order valence-corrected chi connectivity index (χ4v) is 12.0. The van der Waals surface area contributed by atoms with Crippen molar-refractivity contribution in [3.63, 3.8) is 0 Å². The van der Waals surface area contributed by atoms with E-state index in [9.17, 15) is 0 Å². The zero-order chi connectivity index (χ0) is 44.9. The molecule has 320 valence electrons. The maximum absolute atomic E-state index is 7.08. The largest absolute Gasteiger partial charge is 0.454 e. The van der Waals surface area contributed by atoms with Gasteiger partial charge in [-0.3, -0.25) is 0 Å². The summed E-state index contributed by atoms with van der Waals surface area (Å²) < 4.78 is 12.1. The van der Waals surface area contributed by atoms with E-state index < -0.39 is 0 Å². The Labute approximate surface area is 396 Å². The second kappa shape index (κ2) is 15.3. The molecule has 0 saturated carbocycles. The number of fused-ring (bicyclic) bond motifs is 12. The van der Waals surface area contributed by atoms with E-state index in [4.69, 9.17) is 14.4 Å². The van der Waals surface area contributed by atoms with Crippen molar-refractivity contribution in [2.75, 3.05) is 0 Å². The molecule has 1 atom stereocenters. The van der Waals surface area contributed by atoms with Crippen molar-refractivity contribution in [1.29, 1.82) is 0 Å². The maximum Gasteiger partial charge on any atom is 0.160 e. The second-order valence-corrected chi connectivity index (χ2v) is 19.1. The molecule has 3 aromatic heterocycles. The summed E-state index contributed by atoms with van der Waals surface area (Å²) in [5.74, 6) is 0.733. The Morgan fingerprint density at radius 3 is 2.09 bits per heavy atom. The van der Waals surface area contributed by atoms with Gasteiger partial charge in [-0.1, -0.05) is 171 Å². The van der Waals surface area contributed by atoms with Crippen molar-refractivity contribution < 1.29 is 4.42 Å². The molecule has 5 heteroatoms. The van der Waals surface area contributed by atoms with Gasteiger partial charge in [0.1, 0.15) is 5.58 Å². The van der Waals surface area contributed by atoms with Crippen LogP contribution in [-0.4, -0.2) is 16.1 Å². The molecule has 0 aliphatic carbocycles. The lowest BCUT2D eigenvalue weighted by atomic mass is 9.92. The van der Waals surface area contributed by atoms with E-state index in [0.717, 1.165) is 84.3 Å². The molecule has 14 rings (SSSR count). The monoisotopic (exact) mass is 887 g/mol. The van der Waals surface area contributed by atoms with Gasteiger partial charge in [-0.25, -0.2) is 9.98 Å². The van der Waals surface area contributed by atoms with E-state index in [1.807, 2.05) is 11.3 Å². The van der Waals surface area contributed by atoms with Crippen LogP contribution in [0, 0.1) is 5.92 Å². The number of thiophene rings is 1. The van der Waals surface area contributed by atoms with Gasteiger partial charge in [0.2, 0.25) is 0 Å². The zero-order valence-electron chi connectivity index (χ0n) is 37.1. The van der Waals surface area contributed by atoms with Gasteiger partial charge in [-0.05, 0) is 87.6 Å². The highest BCUT2D eigenvalue weighted by molar-refractivity contribution is 7.26. The standard InChI is InChI=1S/C63H41N3OS/c1-38-29-33-53(64-63(44-21-13-20-41(35-44)39-15-3-2-4-16-39)65-59(38)51-26-14-25-49-47-24-10-12-28-57(47)68-62(49)51)50-32-31-48-46-23-9-11-27-56(46)67-61(48)60(50)66-54-34-30-40-17-7-8-22-45(40)58(54)52-36-42-18-5-6-19-43(42)37-55(52)66/h2-28,30-38H,29H2,1H3/b53-33+,64-63-,65-59+. The summed E-state index contributed by atoms with van der Waals surface area (Å²) in [5.41, 5.74) is 12.1. The molecule has 0 amide bonds. The Hall–Kier alpha value is -8.38. The Morgan fingerprint density at radius 2 is 1.21 bits per heavy atom. The first kappa shape index (κ1) is 38.8. The zero-order valence-corrected chi connectivity index (χ0v) is 38.0. The number of furan rings is 1. The third-order valence-electron chi connectivity index (χ3n) is 14.0. The summed E-state index contributed by atoms with van der Waals surface area (Å²) in [5, 5.41) is 11.9. The SMILES string of the molecule is CC1C/C=C(c2ccc3c(oc4ccccc43)c2-n2c3cc4ccccc4cc3c3c4ccccc4ccc32)/N=C(c2cccc(-c3ccccc3)c2)\N=C/1c1cccc2c1sc1ccccc12. The van der Waals surface area contributed by atoms with Crippen LogP contribution < -0.4 is 0 Å². The lowest BCUT2D eigenvalue weighted by molar-refractivity contribution is 0.666. The number of hydrogen-bond acceptors (Lipinski definition) is 4. The molecule has 0 bridgehead atoms. The molecule has 1 aliphatic rings. The molecule has 13 aromatic rings. The number of rotatable bonds is 5. The minimum Gasteiger partial charge on any atom is -0.454 e. The van der Waals surface area contributed by atoms with Crippen LogP contribution in [-0.2, 0) is 0 Å².